The summed E-state index contributed by atoms with van der Waals surface area (Å²) in [5.74, 6) is -0.313. The second kappa shape index (κ2) is 8.27. The molecule has 0 saturated carbocycles. The smallest absolute Gasteiger partial charge is 0.256 e. The van der Waals surface area contributed by atoms with Gasteiger partial charge in [0.2, 0.25) is 5.43 Å². The number of nitrogens with zero attached hydrogens (tertiary/aromatic N) is 1. The van der Waals surface area contributed by atoms with E-state index in [1.807, 2.05) is 19.1 Å². The zero-order chi connectivity index (χ0) is 17.6. The molecule has 1 aromatic heterocycles. The highest BCUT2D eigenvalue weighted by molar-refractivity contribution is 5.97. The summed E-state index contributed by atoms with van der Waals surface area (Å²) in [4.78, 5) is 30.4. The van der Waals surface area contributed by atoms with Crippen molar-refractivity contribution in [3.63, 3.8) is 0 Å². The number of ether oxygens (including phenoxy) is 1. The van der Waals surface area contributed by atoms with Gasteiger partial charge in [-0.1, -0.05) is 19.1 Å². The maximum absolute atomic E-state index is 12.6. The highest BCUT2D eigenvalue weighted by Crippen LogP contribution is 2.14. The number of nitrogens with one attached hydrogen (secondary N) is 2. The van der Waals surface area contributed by atoms with Gasteiger partial charge in [0.1, 0.15) is 5.56 Å². The summed E-state index contributed by atoms with van der Waals surface area (Å²) in [6, 6.07) is 5.62. The van der Waals surface area contributed by atoms with Crippen LogP contribution in [-0.2, 0) is 11.2 Å². The van der Waals surface area contributed by atoms with Crippen molar-refractivity contribution in [2.75, 3.05) is 39.4 Å². The second-order valence-electron chi connectivity index (χ2n) is 6.29. The van der Waals surface area contributed by atoms with Crippen LogP contribution in [0.25, 0.3) is 10.9 Å². The number of hydrogen-bond donors (Lipinski definition) is 2. The lowest BCUT2D eigenvalue weighted by atomic mass is 10.1. The van der Waals surface area contributed by atoms with Crippen LogP contribution in [-0.4, -0.2) is 55.2 Å². The number of aromatic nitrogens is 1. The third kappa shape index (κ3) is 4.08. The van der Waals surface area contributed by atoms with Gasteiger partial charge in [-0.25, -0.2) is 0 Å². The molecule has 1 saturated heterocycles. The summed E-state index contributed by atoms with van der Waals surface area (Å²) in [7, 11) is 0. The van der Waals surface area contributed by atoms with Crippen LogP contribution in [0.4, 0.5) is 0 Å². The van der Waals surface area contributed by atoms with Gasteiger partial charge in [-0.05, 0) is 31.0 Å². The van der Waals surface area contributed by atoms with Gasteiger partial charge in [-0.2, -0.15) is 0 Å². The Hall–Kier alpha value is -2.18. The third-order valence-electron chi connectivity index (χ3n) is 4.67. The molecule has 1 fully saturated rings. The van der Waals surface area contributed by atoms with Gasteiger partial charge in [-0.15, -0.1) is 0 Å². The number of aryl methyl sites for hydroxylation is 1. The maximum atomic E-state index is 12.6. The fourth-order valence-corrected chi connectivity index (χ4v) is 3.20. The van der Waals surface area contributed by atoms with Crippen molar-refractivity contribution in [2.24, 2.45) is 0 Å². The Morgan fingerprint density at radius 1 is 1.32 bits per heavy atom. The zero-order valence-corrected chi connectivity index (χ0v) is 14.6. The molecule has 0 bridgehead atoms. The largest absolute Gasteiger partial charge is 0.379 e. The van der Waals surface area contributed by atoms with Crippen LogP contribution >= 0.6 is 0 Å². The van der Waals surface area contributed by atoms with E-state index in [9.17, 15) is 9.59 Å². The predicted molar refractivity (Wildman–Crippen MR) is 98.2 cm³/mol. The number of carbonyl (C=O) groups is 1. The SMILES string of the molecule is CCc1cccc2c(=O)c(C(=O)NCCCN3CCOCC3)c[nH]c12. The number of pyridine rings is 1. The first-order valence-corrected chi connectivity index (χ1v) is 8.92. The number of amides is 1. The highest BCUT2D eigenvalue weighted by Gasteiger charge is 2.14. The monoisotopic (exact) mass is 343 g/mol. The normalized spacial score (nSPS) is 15.4. The summed E-state index contributed by atoms with van der Waals surface area (Å²) >= 11 is 0. The van der Waals surface area contributed by atoms with E-state index in [1.54, 1.807) is 6.07 Å². The molecule has 2 N–H and O–H groups in total. The summed E-state index contributed by atoms with van der Waals surface area (Å²) in [5.41, 5.74) is 1.85. The molecule has 1 amide bonds. The standard InChI is InChI=1S/C19H25N3O3/c1-2-14-5-3-6-15-17(14)21-13-16(18(15)23)19(24)20-7-4-8-22-9-11-25-12-10-22/h3,5-6,13H,2,4,7-12H2,1H3,(H,20,24)(H,21,23). The lowest BCUT2D eigenvalue weighted by molar-refractivity contribution is 0.0374. The van der Waals surface area contributed by atoms with Crippen LogP contribution in [0.15, 0.2) is 29.2 Å². The van der Waals surface area contributed by atoms with Crippen LogP contribution < -0.4 is 10.7 Å². The highest BCUT2D eigenvalue weighted by atomic mass is 16.5. The first-order valence-electron chi connectivity index (χ1n) is 8.92. The molecule has 6 heteroatoms. The minimum atomic E-state index is -0.313. The Bertz CT molecular complexity index is 794. The molecule has 0 aliphatic carbocycles. The number of rotatable bonds is 6. The lowest BCUT2D eigenvalue weighted by Crippen LogP contribution is -2.38. The Kier molecular flexibility index (Phi) is 5.83. The molecule has 6 nitrogen and oxygen atoms in total. The van der Waals surface area contributed by atoms with Gasteiger partial charge >= 0.3 is 0 Å². The van der Waals surface area contributed by atoms with E-state index in [0.29, 0.717) is 11.9 Å². The quantitative estimate of drug-likeness (QED) is 0.781. The Labute approximate surface area is 147 Å². The summed E-state index contributed by atoms with van der Waals surface area (Å²) in [6.07, 6.45) is 3.22. The van der Waals surface area contributed by atoms with Crippen molar-refractivity contribution in [1.82, 2.24) is 15.2 Å². The van der Waals surface area contributed by atoms with E-state index >= 15 is 0 Å². The van der Waals surface area contributed by atoms with Crippen LogP contribution in [0.3, 0.4) is 0 Å². The first-order chi connectivity index (χ1) is 12.2. The molecule has 1 aliphatic heterocycles. The molecule has 3 rings (SSSR count). The average Bonchev–Trinajstić information content (AvgIpc) is 2.66. The number of para-hydroxylation sites is 1. The fourth-order valence-electron chi connectivity index (χ4n) is 3.20. The van der Waals surface area contributed by atoms with Crippen molar-refractivity contribution < 1.29 is 9.53 Å². The predicted octanol–water partition coefficient (Wildman–Crippen LogP) is 1.54. The van der Waals surface area contributed by atoms with Crippen LogP contribution in [0, 0.1) is 0 Å². The molecule has 134 valence electrons. The molecule has 1 aliphatic rings. The Morgan fingerprint density at radius 3 is 2.88 bits per heavy atom. The second-order valence-corrected chi connectivity index (χ2v) is 6.29. The molecule has 0 unspecified atom stereocenters. The van der Waals surface area contributed by atoms with E-state index < -0.39 is 0 Å². The molecular weight excluding hydrogens is 318 g/mol. The summed E-state index contributed by atoms with van der Waals surface area (Å²) in [5, 5.41) is 3.43. The number of aromatic amines is 1. The summed E-state index contributed by atoms with van der Waals surface area (Å²) in [6.45, 7) is 6.97. The van der Waals surface area contributed by atoms with Crippen molar-refractivity contribution in [2.45, 2.75) is 19.8 Å². The van der Waals surface area contributed by atoms with Crippen molar-refractivity contribution in [1.29, 1.82) is 0 Å². The van der Waals surface area contributed by atoms with Gasteiger partial charge in [0, 0.05) is 31.2 Å². The molecule has 0 spiro atoms. The molecular formula is C19H25N3O3. The van der Waals surface area contributed by atoms with Crippen LogP contribution in [0.2, 0.25) is 0 Å². The zero-order valence-electron chi connectivity index (χ0n) is 14.6. The molecule has 1 aromatic carbocycles. The molecule has 2 heterocycles. The number of carbonyl (C=O) groups excluding carboxylic acids is 1. The Balaban J connectivity index is 1.62. The van der Waals surface area contributed by atoms with E-state index in [-0.39, 0.29) is 16.9 Å². The van der Waals surface area contributed by atoms with Gasteiger partial charge in [0.15, 0.2) is 0 Å². The molecule has 0 radical (unpaired) electrons. The van der Waals surface area contributed by atoms with E-state index in [4.69, 9.17) is 4.74 Å². The van der Waals surface area contributed by atoms with Crippen molar-refractivity contribution in [3.05, 3.63) is 45.7 Å². The number of hydrogen-bond acceptors (Lipinski definition) is 4. The fraction of sp³-hybridized carbons (Fsp3) is 0.474. The minimum Gasteiger partial charge on any atom is -0.379 e. The van der Waals surface area contributed by atoms with Gasteiger partial charge in [0.05, 0.1) is 18.7 Å². The molecule has 2 aromatic rings. The average molecular weight is 343 g/mol. The van der Waals surface area contributed by atoms with Gasteiger partial charge in [-0.3, -0.25) is 14.5 Å². The van der Waals surface area contributed by atoms with Crippen LogP contribution in [0.1, 0.15) is 29.3 Å². The topological polar surface area (TPSA) is 74.4 Å². The number of fused-ring (bicyclic) bond motifs is 1. The van der Waals surface area contributed by atoms with E-state index in [2.05, 4.69) is 15.2 Å². The number of benzene rings is 1. The maximum Gasteiger partial charge on any atom is 0.256 e. The van der Waals surface area contributed by atoms with E-state index in [1.165, 1.54) is 6.20 Å². The first kappa shape index (κ1) is 17.6. The third-order valence-corrected chi connectivity index (χ3v) is 4.67. The van der Waals surface area contributed by atoms with Crippen LogP contribution in [0.5, 0.6) is 0 Å². The lowest BCUT2D eigenvalue weighted by Gasteiger charge is -2.26. The summed E-state index contributed by atoms with van der Waals surface area (Å²) < 4.78 is 5.32. The van der Waals surface area contributed by atoms with E-state index in [0.717, 1.165) is 56.8 Å². The number of morpholine rings is 1. The van der Waals surface area contributed by atoms with Gasteiger partial charge in [0.25, 0.3) is 5.91 Å². The van der Waals surface area contributed by atoms with Crippen molar-refractivity contribution in [3.8, 4) is 0 Å². The molecule has 25 heavy (non-hydrogen) atoms. The van der Waals surface area contributed by atoms with Gasteiger partial charge < -0.3 is 15.0 Å². The van der Waals surface area contributed by atoms with Crippen molar-refractivity contribution >= 4 is 16.8 Å². The Morgan fingerprint density at radius 2 is 2.12 bits per heavy atom. The number of H-pyrrole nitrogens is 1. The molecule has 0 atom stereocenters. The minimum absolute atomic E-state index is 0.173.